The molecular weight excluding hydrogens is 442 g/mol. The molecule has 170 valence electrons. The SMILES string of the molecule is Cc1cccc2c1c(=O)n(CC1CCC(C(=O)O)CC1)c(=O)n2Cc1cccc(Cl)c1C#N. The molecule has 1 heterocycles. The minimum Gasteiger partial charge on any atom is -0.481 e. The maximum atomic E-state index is 13.6. The lowest BCUT2D eigenvalue weighted by Gasteiger charge is -2.26. The topological polar surface area (TPSA) is 105 Å². The summed E-state index contributed by atoms with van der Waals surface area (Å²) in [5.41, 5.74) is 1.40. The van der Waals surface area contributed by atoms with Gasteiger partial charge in [-0.05, 0) is 61.8 Å². The van der Waals surface area contributed by atoms with Crippen LogP contribution in [0.15, 0.2) is 46.0 Å². The van der Waals surface area contributed by atoms with E-state index in [4.69, 9.17) is 11.6 Å². The van der Waals surface area contributed by atoms with Gasteiger partial charge in [0.15, 0.2) is 0 Å². The van der Waals surface area contributed by atoms with Gasteiger partial charge in [-0.3, -0.25) is 18.7 Å². The van der Waals surface area contributed by atoms with E-state index in [1.807, 2.05) is 13.0 Å². The van der Waals surface area contributed by atoms with E-state index >= 15 is 0 Å². The van der Waals surface area contributed by atoms with Crippen LogP contribution in [0.2, 0.25) is 5.02 Å². The van der Waals surface area contributed by atoms with Gasteiger partial charge < -0.3 is 5.11 Å². The Labute approximate surface area is 195 Å². The molecule has 1 aliphatic rings. The zero-order valence-corrected chi connectivity index (χ0v) is 19.0. The Kier molecular flexibility index (Phi) is 6.39. The number of aliphatic carboxylic acids is 1. The normalized spacial score (nSPS) is 18.2. The van der Waals surface area contributed by atoms with Crippen molar-refractivity contribution in [2.45, 2.75) is 45.7 Å². The van der Waals surface area contributed by atoms with Crippen LogP contribution < -0.4 is 11.2 Å². The summed E-state index contributed by atoms with van der Waals surface area (Å²) in [4.78, 5) is 38.2. The smallest absolute Gasteiger partial charge is 0.331 e. The molecule has 2 aromatic carbocycles. The number of aromatic nitrogens is 2. The van der Waals surface area contributed by atoms with Gasteiger partial charge in [0.1, 0.15) is 6.07 Å². The number of carbonyl (C=O) groups is 1. The molecular formula is C25H24ClN3O4. The summed E-state index contributed by atoms with van der Waals surface area (Å²) in [5, 5.41) is 19.6. The van der Waals surface area contributed by atoms with Crippen molar-refractivity contribution in [3.63, 3.8) is 0 Å². The third-order valence-corrected chi connectivity index (χ3v) is 6.95. The number of benzene rings is 2. The molecule has 33 heavy (non-hydrogen) atoms. The van der Waals surface area contributed by atoms with Crippen molar-refractivity contribution in [3.8, 4) is 6.07 Å². The zero-order chi connectivity index (χ0) is 23.7. The number of carboxylic acid groups (broad SMARTS) is 1. The predicted octanol–water partition coefficient (Wildman–Crippen LogP) is 3.94. The van der Waals surface area contributed by atoms with E-state index in [1.54, 1.807) is 30.3 Å². The highest BCUT2D eigenvalue weighted by molar-refractivity contribution is 6.31. The van der Waals surface area contributed by atoms with Crippen LogP contribution in [-0.4, -0.2) is 20.2 Å². The fourth-order valence-electron chi connectivity index (χ4n) is 4.79. The molecule has 7 nitrogen and oxygen atoms in total. The van der Waals surface area contributed by atoms with E-state index in [1.165, 1.54) is 9.13 Å². The second-order valence-corrected chi connectivity index (χ2v) is 9.10. The Morgan fingerprint density at radius 2 is 1.82 bits per heavy atom. The minimum absolute atomic E-state index is 0.0572. The standard InChI is InChI=1S/C25H24ClN3O4/c1-15-4-2-7-21-22(15)23(30)29(13-16-8-10-17(11-9-16)24(31)32)25(33)28(21)14-18-5-3-6-20(26)19(18)12-27/h2-7,16-17H,8-11,13-14H2,1H3,(H,31,32). The molecule has 1 aromatic heterocycles. The third kappa shape index (κ3) is 4.31. The van der Waals surface area contributed by atoms with E-state index in [-0.39, 0.29) is 30.5 Å². The van der Waals surface area contributed by atoms with Crippen molar-refractivity contribution in [3.05, 3.63) is 78.9 Å². The van der Waals surface area contributed by atoms with Crippen LogP contribution in [0.1, 0.15) is 42.4 Å². The number of nitriles is 1. The Morgan fingerprint density at radius 3 is 2.48 bits per heavy atom. The van der Waals surface area contributed by atoms with E-state index in [0.29, 0.717) is 52.7 Å². The van der Waals surface area contributed by atoms with Crippen LogP contribution in [0.4, 0.5) is 0 Å². The van der Waals surface area contributed by atoms with Crippen LogP contribution in [0.3, 0.4) is 0 Å². The molecule has 0 amide bonds. The zero-order valence-electron chi connectivity index (χ0n) is 18.3. The third-order valence-electron chi connectivity index (χ3n) is 6.64. The Bertz CT molecular complexity index is 1390. The number of carboxylic acids is 1. The molecule has 0 radical (unpaired) electrons. The molecule has 0 bridgehead atoms. The number of hydrogen-bond acceptors (Lipinski definition) is 4. The fraction of sp³-hybridized carbons (Fsp3) is 0.360. The lowest BCUT2D eigenvalue weighted by atomic mass is 9.82. The van der Waals surface area contributed by atoms with Crippen molar-refractivity contribution in [1.82, 2.24) is 9.13 Å². The maximum absolute atomic E-state index is 13.6. The average Bonchev–Trinajstić information content (AvgIpc) is 2.79. The Hall–Kier alpha value is -3.37. The van der Waals surface area contributed by atoms with Crippen LogP contribution in [0.5, 0.6) is 0 Å². The van der Waals surface area contributed by atoms with E-state index in [9.17, 15) is 24.8 Å². The minimum atomic E-state index is -0.788. The lowest BCUT2D eigenvalue weighted by molar-refractivity contribution is -0.143. The molecule has 1 fully saturated rings. The van der Waals surface area contributed by atoms with Crippen LogP contribution in [0, 0.1) is 30.1 Å². The Morgan fingerprint density at radius 1 is 1.12 bits per heavy atom. The average molecular weight is 466 g/mol. The number of fused-ring (bicyclic) bond motifs is 1. The number of nitrogens with zero attached hydrogens (tertiary/aromatic N) is 3. The van der Waals surface area contributed by atoms with Crippen molar-refractivity contribution in [2.24, 2.45) is 11.8 Å². The monoisotopic (exact) mass is 465 g/mol. The largest absolute Gasteiger partial charge is 0.481 e. The van der Waals surface area contributed by atoms with Gasteiger partial charge in [-0.1, -0.05) is 35.9 Å². The number of aryl methyl sites for hydroxylation is 1. The molecule has 4 rings (SSSR count). The first-order valence-electron chi connectivity index (χ1n) is 10.9. The summed E-state index contributed by atoms with van der Waals surface area (Å²) in [6.45, 7) is 2.18. The molecule has 3 aromatic rings. The van der Waals surface area contributed by atoms with Gasteiger partial charge in [0.05, 0.1) is 34.0 Å². The van der Waals surface area contributed by atoms with Gasteiger partial charge >= 0.3 is 11.7 Å². The predicted molar refractivity (Wildman–Crippen MR) is 126 cm³/mol. The molecule has 0 atom stereocenters. The number of rotatable bonds is 5. The summed E-state index contributed by atoms with van der Waals surface area (Å²) in [6.07, 6.45) is 2.40. The van der Waals surface area contributed by atoms with Crippen LogP contribution in [0.25, 0.3) is 10.9 Å². The Balaban J connectivity index is 1.81. The van der Waals surface area contributed by atoms with Gasteiger partial charge in [-0.2, -0.15) is 5.26 Å². The van der Waals surface area contributed by atoms with Gasteiger partial charge in [0, 0.05) is 6.54 Å². The molecule has 8 heteroatoms. The highest BCUT2D eigenvalue weighted by Gasteiger charge is 2.27. The summed E-state index contributed by atoms with van der Waals surface area (Å²) in [7, 11) is 0. The fourth-order valence-corrected chi connectivity index (χ4v) is 5.02. The second kappa shape index (κ2) is 9.24. The highest BCUT2D eigenvalue weighted by atomic mass is 35.5. The summed E-state index contributed by atoms with van der Waals surface area (Å²) in [5.74, 6) is -1.09. The quantitative estimate of drug-likeness (QED) is 0.614. The molecule has 0 unspecified atom stereocenters. The lowest BCUT2D eigenvalue weighted by Crippen LogP contribution is -2.42. The van der Waals surface area contributed by atoms with Crippen molar-refractivity contribution in [1.29, 1.82) is 5.26 Å². The first-order valence-corrected chi connectivity index (χ1v) is 11.3. The number of hydrogen-bond donors (Lipinski definition) is 1. The van der Waals surface area contributed by atoms with Gasteiger partial charge in [-0.15, -0.1) is 0 Å². The van der Waals surface area contributed by atoms with Crippen LogP contribution >= 0.6 is 11.6 Å². The molecule has 0 saturated heterocycles. The second-order valence-electron chi connectivity index (χ2n) is 8.70. The van der Waals surface area contributed by atoms with Gasteiger partial charge in [0.2, 0.25) is 0 Å². The molecule has 1 aliphatic carbocycles. The molecule has 0 aliphatic heterocycles. The first kappa shape index (κ1) is 22.8. The highest BCUT2D eigenvalue weighted by Crippen LogP contribution is 2.30. The van der Waals surface area contributed by atoms with Crippen molar-refractivity contribution in [2.75, 3.05) is 0 Å². The van der Waals surface area contributed by atoms with Crippen molar-refractivity contribution < 1.29 is 9.90 Å². The molecule has 0 spiro atoms. The van der Waals surface area contributed by atoms with Crippen molar-refractivity contribution >= 4 is 28.5 Å². The first-order chi connectivity index (χ1) is 15.8. The van der Waals surface area contributed by atoms with Crippen LogP contribution in [-0.2, 0) is 17.9 Å². The van der Waals surface area contributed by atoms with E-state index in [2.05, 4.69) is 6.07 Å². The van der Waals surface area contributed by atoms with E-state index < -0.39 is 11.7 Å². The molecule has 1 saturated carbocycles. The summed E-state index contributed by atoms with van der Waals surface area (Å²) >= 11 is 6.19. The van der Waals surface area contributed by atoms with Gasteiger partial charge in [-0.25, -0.2) is 4.79 Å². The van der Waals surface area contributed by atoms with E-state index in [0.717, 1.165) is 5.56 Å². The molecule has 1 N–H and O–H groups in total. The number of halogens is 1. The maximum Gasteiger partial charge on any atom is 0.331 e. The van der Waals surface area contributed by atoms with Gasteiger partial charge in [0.25, 0.3) is 5.56 Å². The summed E-state index contributed by atoms with van der Waals surface area (Å²) in [6, 6.07) is 12.6. The summed E-state index contributed by atoms with van der Waals surface area (Å²) < 4.78 is 2.80.